The van der Waals surface area contributed by atoms with Gasteiger partial charge in [-0.25, -0.2) is 8.42 Å². The zero-order chi connectivity index (χ0) is 25.9. The van der Waals surface area contributed by atoms with Crippen molar-refractivity contribution in [2.75, 3.05) is 39.4 Å². The van der Waals surface area contributed by atoms with E-state index in [-0.39, 0.29) is 38.0 Å². The monoisotopic (exact) mass is 532 g/mol. The predicted molar refractivity (Wildman–Crippen MR) is 111 cm³/mol. The highest BCUT2D eigenvalue weighted by Crippen LogP contribution is 2.34. The Hall–Kier alpha value is -2.22. The van der Waals surface area contributed by atoms with Crippen LogP contribution < -0.4 is 9.47 Å². The molecular formula is C21H26F6N2O5S. The van der Waals surface area contributed by atoms with E-state index in [4.69, 9.17) is 0 Å². The number of carbonyl (C=O) groups excluding carboxylic acids is 1. The van der Waals surface area contributed by atoms with Crippen LogP contribution in [0.3, 0.4) is 0 Å². The van der Waals surface area contributed by atoms with Crippen molar-refractivity contribution in [1.29, 1.82) is 0 Å². The standard InChI is InChI=1S/C21H26F6N2O5S/c22-20(23,24)13-33-16-6-7-17(34-14-21(25,26)27)18(12-16)35(31,32)29-10-8-28(9-11-29)19(30)15-4-2-1-3-5-15/h6-7,12,15H,1-5,8-11,13-14H2. The number of hydrogen-bond acceptors (Lipinski definition) is 5. The second-order valence-corrected chi connectivity index (χ2v) is 10.4. The Morgan fingerprint density at radius 2 is 1.46 bits per heavy atom. The quantitative estimate of drug-likeness (QED) is 0.497. The van der Waals surface area contributed by atoms with Gasteiger partial charge in [-0.2, -0.15) is 30.6 Å². The lowest BCUT2D eigenvalue weighted by atomic mass is 9.88. The molecule has 2 aliphatic rings. The average Bonchev–Trinajstić information content (AvgIpc) is 2.81. The maximum atomic E-state index is 13.2. The minimum absolute atomic E-state index is 0.0431. The van der Waals surface area contributed by atoms with Crippen molar-refractivity contribution in [3.05, 3.63) is 18.2 Å². The lowest BCUT2D eigenvalue weighted by Crippen LogP contribution is -2.52. The SMILES string of the molecule is O=C(C1CCCCC1)N1CCN(S(=O)(=O)c2cc(OCC(F)(F)F)ccc2OCC(F)(F)F)CC1. The highest BCUT2D eigenvalue weighted by molar-refractivity contribution is 7.89. The van der Waals surface area contributed by atoms with E-state index in [0.29, 0.717) is 6.07 Å². The molecule has 1 saturated heterocycles. The van der Waals surface area contributed by atoms with Crippen molar-refractivity contribution >= 4 is 15.9 Å². The summed E-state index contributed by atoms with van der Waals surface area (Å²) in [5.74, 6) is -1.30. The van der Waals surface area contributed by atoms with Gasteiger partial charge < -0.3 is 14.4 Å². The van der Waals surface area contributed by atoms with Gasteiger partial charge in [0.25, 0.3) is 0 Å². The molecule has 1 heterocycles. The van der Waals surface area contributed by atoms with E-state index in [1.807, 2.05) is 0 Å². The van der Waals surface area contributed by atoms with Gasteiger partial charge in [0, 0.05) is 38.2 Å². The highest BCUT2D eigenvalue weighted by atomic mass is 32.2. The second kappa shape index (κ2) is 10.8. The summed E-state index contributed by atoms with van der Waals surface area (Å²) in [6.07, 6.45) is -4.93. The van der Waals surface area contributed by atoms with Crippen LogP contribution in [-0.2, 0) is 14.8 Å². The molecule has 0 radical (unpaired) electrons. The molecule has 0 bridgehead atoms. The number of nitrogens with zero attached hydrogens (tertiary/aromatic N) is 2. The lowest BCUT2D eigenvalue weighted by Gasteiger charge is -2.36. The van der Waals surface area contributed by atoms with Crippen molar-refractivity contribution in [1.82, 2.24) is 9.21 Å². The van der Waals surface area contributed by atoms with Gasteiger partial charge in [0.2, 0.25) is 15.9 Å². The second-order valence-electron chi connectivity index (χ2n) is 8.48. The number of sulfonamides is 1. The smallest absolute Gasteiger partial charge is 0.422 e. The summed E-state index contributed by atoms with van der Waals surface area (Å²) in [7, 11) is -4.47. The van der Waals surface area contributed by atoms with Gasteiger partial charge in [-0.3, -0.25) is 4.79 Å². The summed E-state index contributed by atoms with van der Waals surface area (Å²) in [6.45, 7) is -3.55. The van der Waals surface area contributed by atoms with Crippen LogP contribution in [0, 0.1) is 5.92 Å². The third-order valence-electron chi connectivity index (χ3n) is 5.83. The van der Waals surface area contributed by atoms with Crippen molar-refractivity contribution in [2.45, 2.75) is 49.4 Å². The minimum atomic E-state index is -4.77. The van der Waals surface area contributed by atoms with Crippen LogP contribution in [0.5, 0.6) is 11.5 Å². The first-order valence-electron chi connectivity index (χ1n) is 11.1. The molecule has 3 rings (SSSR count). The number of carbonyl (C=O) groups is 1. The molecule has 35 heavy (non-hydrogen) atoms. The minimum Gasteiger partial charge on any atom is -0.484 e. The van der Waals surface area contributed by atoms with E-state index in [2.05, 4.69) is 9.47 Å². The van der Waals surface area contributed by atoms with Crippen LogP contribution in [0.25, 0.3) is 0 Å². The van der Waals surface area contributed by atoms with Crippen LogP contribution in [0.15, 0.2) is 23.1 Å². The molecule has 14 heteroatoms. The number of benzene rings is 1. The fraction of sp³-hybridized carbons (Fsp3) is 0.667. The Bertz CT molecular complexity index is 985. The number of halogens is 6. The molecule has 198 valence electrons. The third kappa shape index (κ3) is 7.63. The average molecular weight is 533 g/mol. The molecule has 1 amide bonds. The number of alkyl halides is 6. The summed E-state index contributed by atoms with van der Waals surface area (Å²) >= 11 is 0. The molecule has 0 unspecified atom stereocenters. The lowest BCUT2D eigenvalue weighted by molar-refractivity contribution is -0.154. The van der Waals surface area contributed by atoms with E-state index >= 15 is 0 Å². The molecule has 0 N–H and O–H groups in total. The summed E-state index contributed by atoms with van der Waals surface area (Å²) in [5, 5.41) is 0. The number of hydrogen-bond donors (Lipinski definition) is 0. The molecule has 0 aromatic heterocycles. The molecule has 0 atom stereocenters. The van der Waals surface area contributed by atoms with Crippen molar-refractivity contribution in [2.24, 2.45) is 5.92 Å². The summed E-state index contributed by atoms with van der Waals surface area (Å²) in [4.78, 5) is 13.6. The fourth-order valence-corrected chi connectivity index (χ4v) is 5.69. The largest absolute Gasteiger partial charge is 0.484 e. The Labute approximate surface area is 199 Å². The Balaban J connectivity index is 1.77. The van der Waals surface area contributed by atoms with E-state index in [0.717, 1.165) is 48.5 Å². The Kier molecular flexibility index (Phi) is 8.45. The molecule has 1 aliphatic carbocycles. The number of piperazine rings is 1. The van der Waals surface area contributed by atoms with Gasteiger partial charge in [0.15, 0.2) is 13.2 Å². The number of ether oxygens (including phenoxy) is 2. The van der Waals surface area contributed by atoms with Gasteiger partial charge in [-0.1, -0.05) is 19.3 Å². The first-order chi connectivity index (χ1) is 16.3. The maximum absolute atomic E-state index is 13.2. The van der Waals surface area contributed by atoms with Gasteiger partial charge in [0.1, 0.15) is 16.4 Å². The van der Waals surface area contributed by atoms with Crippen molar-refractivity contribution in [3.63, 3.8) is 0 Å². The number of rotatable bonds is 7. The molecular weight excluding hydrogens is 506 g/mol. The highest BCUT2D eigenvalue weighted by Gasteiger charge is 2.36. The first-order valence-corrected chi connectivity index (χ1v) is 12.5. The fourth-order valence-electron chi connectivity index (χ4n) is 4.12. The first kappa shape index (κ1) is 27.4. The topological polar surface area (TPSA) is 76.2 Å². The van der Waals surface area contributed by atoms with E-state index < -0.39 is 52.0 Å². The van der Waals surface area contributed by atoms with Gasteiger partial charge >= 0.3 is 12.4 Å². The maximum Gasteiger partial charge on any atom is 0.422 e. The molecule has 1 aromatic rings. The molecule has 2 fully saturated rings. The summed E-state index contributed by atoms with van der Waals surface area (Å²) in [5.41, 5.74) is 0. The van der Waals surface area contributed by atoms with Gasteiger partial charge in [-0.05, 0) is 25.0 Å². The Morgan fingerprint density at radius 1 is 0.886 bits per heavy atom. The third-order valence-corrected chi connectivity index (χ3v) is 7.75. The molecule has 1 aliphatic heterocycles. The van der Waals surface area contributed by atoms with Gasteiger partial charge in [0.05, 0.1) is 0 Å². The van der Waals surface area contributed by atoms with E-state index in [1.165, 1.54) is 0 Å². The van der Waals surface area contributed by atoms with Crippen LogP contribution >= 0.6 is 0 Å². The van der Waals surface area contributed by atoms with Crippen molar-refractivity contribution < 1.29 is 49.0 Å². The van der Waals surface area contributed by atoms with Gasteiger partial charge in [-0.15, -0.1) is 0 Å². The predicted octanol–water partition coefficient (Wildman–Crippen LogP) is 3.98. The van der Waals surface area contributed by atoms with Crippen LogP contribution in [0.4, 0.5) is 26.3 Å². The Morgan fingerprint density at radius 3 is 2.03 bits per heavy atom. The number of amides is 1. The van der Waals surface area contributed by atoms with Crippen molar-refractivity contribution in [3.8, 4) is 11.5 Å². The van der Waals surface area contributed by atoms with E-state index in [1.54, 1.807) is 4.90 Å². The molecule has 1 saturated carbocycles. The molecule has 0 spiro atoms. The van der Waals surface area contributed by atoms with Crippen LogP contribution in [-0.4, -0.2) is 75.3 Å². The summed E-state index contributed by atoms with van der Waals surface area (Å²) < 4.78 is 112. The van der Waals surface area contributed by atoms with Crippen LogP contribution in [0.2, 0.25) is 0 Å². The zero-order valence-corrected chi connectivity index (χ0v) is 19.5. The normalized spacial score (nSPS) is 19.0. The molecule has 1 aromatic carbocycles. The summed E-state index contributed by atoms with van der Waals surface area (Å²) in [6, 6.07) is 2.44. The van der Waals surface area contributed by atoms with Crippen LogP contribution in [0.1, 0.15) is 32.1 Å². The van der Waals surface area contributed by atoms with E-state index in [9.17, 15) is 39.6 Å². The zero-order valence-electron chi connectivity index (χ0n) is 18.7. The molecule has 7 nitrogen and oxygen atoms in total.